The Morgan fingerprint density at radius 2 is 2.00 bits per heavy atom. The summed E-state index contributed by atoms with van der Waals surface area (Å²) < 4.78 is 35.5. The SMILES string of the molecule is COc1cc(C=C(CCC(=O)O)c2nc3ccccc3s2)ccc1OC(F)F. The molecule has 0 unspecified atom stereocenters. The minimum Gasteiger partial charge on any atom is -0.493 e. The van der Waals surface area contributed by atoms with Crippen LogP contribution in [-0.2, 0) is 4.79 Å². The third kappa shape index (κ3) is 4.83. The Morgan fingerprint density at radius 3 is 2.68 bits per heavy atom. The number of carbonyl (C=O) groups is 1. The highest BCUT2D eigenvalue weighted by molar-refractivity contribution is 7.19. The predicted octanol–water partition coefficient (Wildman–Crippen LogP) is 5.31. The first-order valence-electron chi connectivity index (χ1n) is 8.37. The Balaban J connectivity index is 1.99. The zero-order chi connectivity index (χ0) is 20.1. The summed E-state index contributed by atoms with van der Waals surface area (Å²) >= 11 is 1.47. The third-order valence-corrected chi connectivity index (χ3v) is 5.03. The summed E-state index contributed by atoms with van der Waals surface area (Å²) in [7, 11) is 1.36. The van der Waals surface area contributed by atoms with Gasteiger partial charge in [0.2, 0.25) is 0 Å². The molecule has 28 heavy (non-hydrogen) atoms. The van der Waals surface area contributed by atoms with Crippen LogP contribution in [0.25, 0.3) is 21.9 Å². The number of carboxylic acids is 1. The summed E-state index contributed by atoms with van der Waals surface area (Å²) in [6, 6.07) is 12.2. The first-order chi connectivity index (χ1) is 13.5. The number of nitrogens with zero attached hydrogens (tertiary/aromatic N) is 1. The summed E-state index contributed by atoms with van der Waals surface area (Å²) in [6.45, 7) is -2.95. The zero-order valence-corrected chi connectivity index (χ0v) is 15.7. The maximum Gasteiger partial charge on any atom is 0.387 e. The highest BCUT2D eigenvalue weighted by Crippen LogP contribution is 2.34. The van der Waals surface area contributed by atoms with Crippen molar-refractivity contribution in [2.45, 2.75) is 19.5 Å². The van der Waals surface area contributed by atoms with Crippen molar-refractivity contribution in [2.24, 2.45) is 0 Å². The van der Waals surface area contributed by atoms with Gasteiger partial charge in [-0.1, -0.05) is 18.2 Å². The van der Waals surface area contributed by atoms with Gasteiger partial charge in [0.1, 0.15) is 5.01 Å². The van der Waals surface area contributed by atoms with Crippen LogP contribution in [0, 0.1) is 0 Å². The molecule has 0 aliphatic heterocycles. The third-order valence-electron chi connectivity index (χ3n) is 3.92. The first-order valence-corrected chi connectivity index (χ1v) is 9.19. The molecular formula is C20H17F2NO4S. The monoisotopic (exact) mass is 405 g/mol. The van der Waals surface area contributed by atoms with E-state index < -0.39 is 12.6 Å². The van der Waals surface area contributed by atoms with E-state index in [9.17, 15) is 13.6 Å². The Labute approximate surface area is 163 Å². The molecule has 1 heterocycles. The second-order valence-corrected chi connectivity index (χ2v) is 6.87. The van der Waals surface area contributed by atoms with Crippen molar-refractivity contribution in [3.8, 4) is 11.5 Å². The van der Waals surface area contributed by atoms with E-state index in [1.807, 2.05) is 24.3 Å². The number of carboxylic acid groups (broad SMARTS) is 1. The van der Waals surface area contributed by atoms with E-state index in [0.717, 1.165) is 15.8 Å². The summed E-state index contributed by atoms with van der Waals surface area (Å²) in [5.74, 6) is -0.817. The topological polar surface area (TPSA) is 68.7 Å². The molecule has 2 aromatic carbocycles. The Hall–Kier alpha value is -3.00. The second kappa shape index (κ2) is 8.79. The molecule has 0 amide bonds. The molecule has 1 N–H and O–H groups in total. The molecule has 3 aromatic rings. The van der Waals surface area contributed by atoms with Gasteiger partial charge in [0, 0.05) is 6.42 Å². The van der Waals surface area contributed by atoms with Crippen molar-refractivity contribution in [3.05, 3.63) is 53.0 Å². The van der Waals surface area contributed by atoms with Gasteiger partial charge in [0.05, 0.1) is 17.3 Å². The van der Waals surface area contributed by atoms with Crippen molar-refractivity contribution < 1.29 is 28.2 Å². The first kappa shape index (κ1) is 19.8. The van der Waals surface area contributed by atoms with Crippen molar-refractivity contribution in [2.75, 3.05) is 7.11 Å². The minimum absolute atomic E-state index is 0.0501. The van der Waals surface area contributed by atoms with Gasteiger partial charge >= 0.3 is 12.6 Å². The van der Waals surface area contributed by atoms with Crippen molar-refractivity contribution in [3.63, 3.8) is 0 Å². The highest BCUT2D eigenvalue weighted by atomic mass is 32.1. The normalized spacial score (nSPS) is 11.8. The van der Waals surface area contributed by atoms with Crippen molar-refractivity contribution >= 4 is 39.2 Å². The number of hydrogen-bond acceptors (Lipinski definition) is 5. The Morgan fingerprint density at radius 1 is 1.21 bits per heavy atom. The molecule has 5 nitrogen and oxygen atoms in total. The summed E-state index contributed by atoms with van der Waals surface area (Å²) in [5, 5.41) is 9.78. The number of alkyl halides is 2. The van der Waals surface area contributed by atoms with Crippen LogP contribution in [0.5, 0.6) is 11.5 Å². The van der Waals surface area contributed by atoms with Gasteiger partial charge < -0.3 is 14.6 Å². The van der Waals surface area contributed by atoms with Crippen LogP contribution in [0.1, 0.15) is 23.4 Å². The molecule has 146 valence electrons. The van der Waals surface area contributed by atoms with Crippen molar-refractivity contribution in [1.29, 1.82) is 0 Å². The number of aromatic nitrogens is 1. The Bertz CT molecular complexity index is 983. The number of benzene rings is 2. The van der Waals surface area contributed by atoms with Gasteiger partial charge in [0.15, 0.2) is 11.5 Å². The van der Waals surface area contributed by atoms with Crippen LogP contribution in [0.3, 0.4) is 0 Å². The zero-order valence-electron chi connectivity index (χ0n) is 14.9. The lowest BCUT2D eigenvalue weighted by atomic mass is 10.1. The van der Waals surface area contributed by atoms with Gasteiger partial charge in [-0.15, -0.1) is 11.3 Å². The maximum absolute atomic E-state index is 12.5. The van der Waals surface area contributed by atoms with Crippen LogP contribution in [0.4, 0.5) is 8.78 Å². The van der Waals surface area contributed by atoms with Crippen LogP contribution in [-0.4, -0.2) is 29.8 Å². The molecule has 0 aliphatic carbocycles. The number of ether oxygens (including phenoxy) is 2. The fraction of sp³-hybridized carbons (Fsp3) is 0.200. The Kier molecular flexibility index (Phi) is 6.20. The fourth-order valence-corrected chi connectivity index (χ4v) is 3.67. The second-order valence-electron chi connectivity index (χ2n) is 5.84. The number of thiazole rings is 1. The lowest BCUT2D eigenvalue weighted by molar-refractivity contribution is -0.136. The van der Waals surface area contributed by atoms with Gasteiger partial charge in [0.25, 0.3) is 0 Å². The van der Waals surface area contributed by atoms with Gasteiger partial charge in [-0.05, 0) is 47.9 Å². The van der Waals surface area contributed by atoms with Crippen molar-refractivity contribution in [1.82, 2.24) is 4.98 Å². The standard InChI is InChI=1S/C20H17F2NO4S/c1-26-16-11-12(6-8-15(16)27-20(21)22)10-13(7-9-18(24)25)19-23-14-4-2-3-5-17(14)28-19/h2-6,8,10-11,20H,7,9H2,1H3,(H,24,25). The van der Waals surface area contributed by atoms with E-state index in [2.05, 4.69) is 9.72 Å². The fourth-order valence-electron chi connectivity index (χ4n) is 2.66. The smallest absolute Gasteiger partial charge is 0.387 e. The van der Waals surface area contributed by atoms with E-state index >= 15 is 0 Å². The number of halogens is 2. The number of rotatable bonds is 8. The molecule has 0 fully saturated rings. The predicted molar refractivity (Wildman–Crippen MR) is 104 cm³/mol. The molecule has 0 bridgehead atoms. The molecule has 0 spiro atoms. The van der Waals surface area contributed by atoms with E-state index in [0.29, 0.717) is 10.6 Å². The molecule has 0 saturated heterocycles. The quantitative estimate of drug-likeness (QED) is 0.550. The number of methoxy groups -OCH3 is 1. The van der Waals surface area contributed by atoms with Crippen LogP contribution >= 0.6 is 11.3 Å². The lowest BCUT2D eigenvalue weighted by Crippen LogP contribution is -2.03. The average molecular weight is 405 g/mol. The highest BCUT2D eigenvalue weighted by Gasteiger charge is 2.13. The molecular weight excluding hydrogens is 388 g/mol. The molecule has 0 aliphatic rings. The van der Waals surface area contributed by atoms with Crippen LogP contribution < -0.4 is 9.47 Å². The van der Waals surface area contributed by atoms with Crippen LogP contribution in [0.2, 0.25) is 0 Å². The van der Waals surface area contributed by atoms with E-state index in [1.54, 1.807) is 18.2 Å². The maximum atomic E-state index is 12.5. The molecule has 3 rings (SSSR count). The van der Waals surface area contributed by atoms with Crippen LogP contribution in [0.15, 0.2) is 42.5 Å². The number of para-hydroxylation sites is 1. The molecule has 0 radical (unpaired) electrons. The van der Waals surface area contributed by atoms with E-state index in [-0.39, 0.29) is 24.3 Å². The lowest BCUT2D eigenvalue weighted by Gasteiger charge is -2.11. The summed E-state index contributed by atoms with van der Waals surface area (Å²) in [4.78, 5) is 15.6. The van der Waals surface area contributed by atoms with Gasteiger partial charge in [-0.25, -0.2) is 4.98 Å². The molecule has 1 aromatic heterocycles. The average Bonchev–Trinajstić information content (AvgIpc) is 3.09. The largest absolute Gasteiger partial charge is 0.493 e. The van der Waals surface area contributed by atoms with E-state index in [4.69, 9.17) is 9.84 Å². The van der Waals surface area contributed by atoms with Gasteiger partial charge in [-0.3, -0.25) is 4.79 Å². The summed E-state index contributed by atoms with van der Waals surface area (Å²) in [5.41, 5.74) is 2.24. The van der Waals surface area contributed by atoms with E-state index in [1.165, 1.54) is 24.5 Å². The molecule has 0 saturated carbocycles. The minimum atomic E-state index is -2.95. The molecule has 0 atom stereocenters. The number of aliphatic carboxylic acids is 1. The summed E-state index contributed by atoms with van der Waals surface area (Å²) in [6.07, 6.45) is 2.02. The number of hydrogen-bond donors (Lipinski definition) is 1. The number of fused-ring (bicyclic) bond motifs is 1. The number of allylic oxidation sites excluding steroid dienone is 1. The molecule has 8 heteroatoms. The van der Waals surface area contributed by atoms with Gasteiger partial charge in [-0.2, -0.15) is 8.78 Å².